The Hall–Kier alpha value is -4.27. The smallest absolute Gasteiger partial charge is 0.240 e. The van der Waals surface area contributed by atoms with Crippen LogP contribution in [0.2, 0.25) is 0 Å². The van der Waals surface area contributed by atoms with Gasteiger partial charge in [-0.15, -0.1) is 0 Å². The molecule has 5 N–H and O–H groups in total. The lowest BCUT2D eigenvalue weighted by Gasteiger charge is -2.31. The number of nitrogens with two attached hydrogens (primary N) is 2. The number of carbonyl (C=O) groups excluding carboxylic acids is 1. The molecule has 1 aromatic heterocycles. The standard InChI is InChI=1S/C30H34FN7O4S2/c1-19(2)17-26(27(32)39)38(16-15-20-7-13-25(14-8-20)44(33,40)41)29-35-28(34-22-6-4-5-21(31)18-22)36-30(37-29)43-24-11-9-23(42-3)10-12-24/h4-14,18-19,26H,15-17H2,1-3H3,(H2,32,39)(H2,33,40,41)(H,34,35,36,37)/t26-/m0/s1. The summed E-state index contributed by atoms with van der Waals surface area (Å²) in [5.41, 5.74) is 7.15. The van der Waals surface area contributed by atoms with Crippen LogP contribution in [-0.2, 0) is 21.2 Å². The third kappa shape index (κ3) is 9.11. The first kappa shape index (κ1) is 32.6. The van der Waals surface area contributed by atoms with Gasteiger partial charge in [0.15, 0.2) is 5.16 Å². The van der Waals surface area contributed by atoms with Crippen LogP contribution in [0.5, 0.6) is 5.75 Å². The first-order chi connectivity index (χ1) is 20.9. The fraction of sp³-hybridized carbons (Fsp3) is 0.267. The SMILES string of the molecule is COc1ccc(Sc2nc(Nc3cccc(F)c3)nc(N(CCc3ccc(S(N)(=O)=O)cc3)[C@@H](CC(C)C)C(N)=O)n2)cc1. The van der Waals surface area contributed by atoms with Gasteiger partial charge >= 0.3 is 0 Å². The highest BCUT2D eigenvalue weighted by molar-refractivity contribution is 7.99. The van der Waals surface area contributed by atoms with Crippen LogP contribution < -0.4 is 25.8 Å². The summed E-state index contributed by atoms with van der Waals surface area (Å²) in [6.07, 6.45) is 0.838. The van der Waals surface area contributed by atoms with Crippen molar-refractivity contribution in [3.05, 3.63) is 84.2 Å². The van der Waals surface area contributed by atoms with Gasteiger partial charge < -0.3 is 20.7 Å². The molecule has 1 amide bonds. The number of amides is 1. The number of ether oxygens (including phenoxy) is 1. The molecule has 0 fully saturated rings. The molecular formula is C30H34FN7O4S2. The summed E-state index contributed by atoms with van der Waals surface area (Å²) in [6.45, 7) is 4.23. The van der Waals surface area contributed by atoms with Crippen LogP contribution >= 0.6 is 11.8 Å². The van der Waals surface area contributed by atoms with Crippen molar-refractivity contribution in [3.8, 4) is 5.75 Å². The van der Waals surface area contributed by atoms with Crippen LogP contribution in [0.15, 0.2) is 87.7 Å². The van der Waals surface area contributed by atoms with E-state index in [1.165, 1.54) is 36.0 Å². The Morgan fingerprint density at radius 3 is 2.34 bits per heavy atom. The Balaban J connectivity index is 1.75. The summed E-state index contributed by atoms with van der Waals surface area (Å²) in [6, 6.07) is 18.7. The number of hydrogen-bond donors (Lipinski definition) is 3. The van der Waals surface area contributed by atoms with Gasteiger partial charge in [-0.1, -0.05) is 32.0 Å². The first-order valence-electron chi connectivity index (χ1n) is 13.7. The zero-order chi connectivity index (χ0) is 31.9. The quantitative estimate of drug-likeness (QED) is 0.179. The van der Waals surface area contributed by atoms with E-state index in [1.807, 2.05) is 38.1 Å². The number of nitrogens with zero attached hydrogens (tertiary/aromatic N) is 4. The highest BCUT2D eigenvalue weighted by Gasteiger charge is 2.28. The highest BCUT2D eigenvalue weighted by Crippen LogP contribution is 2.30. The monoisotopic (exact) mass is 639 g/mol. The van der Waals surface area contributed by atoms with Gasteiger partial charge in [-0.05, 0) is 90.7 Å². The van der Waals surface area contributed by atoms with E-state index in [4.69, 9.17) is 20.6 Å². The van der Waals surface area contributed by atoms with E-state index >= 15 is 0 Å². The number of carbonyl (C=O) groups is 1. The van der Waals surface area contributed by atoms with Gasteiger partial charge in [-0.3, -0.25) is 4.79 Å². The molecule has 0 saturated carbocycles. The lowest BCUT2D eigenvalue weighted by Crippen LogP contribution is -2.47. The van der Waals surface area contributed by atoms with Crippen LogP contribution in [0.1, 0.15) is 25.8 Å². The lowest BCUT2D eigenvalue weighted by molar-refractivity contribution is -0.119. The van der Waals surface area contributed by atoms with E-state index in [1.54, 1.807) is 36.3 Å². The normalized spacial score (nSPS) is 12.1. The number of benzene rings is 3. The molecule has 0 radical (unpaired) electrons. The molecule has 14 heteroatoms. The Bertz CT molecular complexity index is 1690. The van der Waals surface area contributed by atoms with Crippen molar-refractivity contribution in [1.29, 1.82) is 0 Å². The minimum atomic E-state index is -3.84. The predicted molar refractivity (Wildman–Crippen MR) is 168 cm³/mol. The number of anilines is 3. The third-order valence-electron chi connectivity index (χ3n) is 6.50. The van der Waals surface area contributed by atoms with Crippen molar-refractivity contribution in [2.24, 2.45) is 16.8 Å². The largest absolute Gasteiger partial charge is 0.497 e. The number of hydrogen-bond acceptors (Lipinski definition) is 10. The predicted octanol–water partition coefficient (Wildman–Crippen LogP) is 4.51. The maximum absolute atomic E-state index is 14.0. The molecule has 232 valence electrons. The maximum atomic E-state index is 14.0. The summed E-state index contributed by atoms with van der Waals surface area (Å²) >= 11 is 1.28. The molecule has 0 spiro atoms. The topological polar surface area (TPSA) is 166 Å². The molecular weight excluding hydrogens is 606 g/mol. The average molecular weight is 640 g/mol. The number of rotatable bonds is 14. The Morgan fingerprint density at radius 2 is 1.75 bits per heavy atom. The summed E-state index contributed by atoms with van der Waals surface area (Å²) in [4.78, 5) is 29.3. The molecule has 0 saturated heterocycles. The summed E-state index contributed by atoms with van der Waals surface area (Å²) in [5.74, 6) is 0.169. The molecule has 0 aliphatic heterocycles. The number of nitrogens with one attached hydrogen (secondary N) is 1. The van der Waals surface area contributed by atoms with Crippen LogP contribution in [0, 0.1) is 11.7 Å². The number of aromatic nitrogens is 3. The van der Waals surface area contributed by atoms with Gasteiger partial charge in [0, 0.05) is 17.1 Å². The number of primary amides is 1. The van der Waals surface area contributed by atoms with E-state index in [-0.39, 0.29) is 29.3 Å². The number of halogens is 1. The second-order valence-corrected chi connectivity index (χ2v) is 12.9. The number of sulfonamides is 1. The molecule has 0 bridgehead atoms. The van der Waals surface area contributed by atoms with E-state index in [0.717, 1.165) is 10.5 Å². The lowest BCUT2D eigenvalue weighted by atomic mass is 10.0. The summed E-state index contributed by atoms with van der Waals surface area (Å²) in [5, 5.41) is 8.61. The zero-order valence-electron chi connectivity index (χ0n) is 24.5. The Morgan fingerprint density at radius 1 is 1.05 bits per heavy atom. The Kier molecular flexibility index (Phi) is 10.7. The zero-order valence-corrected chi connectivity index (χ0v) is 26.1. The van der Waals surface area contributed by atoms with E-state index in [9.17, 15) is 17.6 Å². The number of primary sulfonamides is 1. The first-order valence-corrected chi connectivity index (χ1v) is 16.1. The van der Waals surface area contributed by atoms with E-state index in [2.05, 4.69) is 15.3 Å². The maximum Gasteiger partial charge on any atom is 0.240 e. The van der Waals surface area contributed by atoms with Crippen molar-refractivity contribution >= 4 is 45.3 Å². The second-order valence-electron chi connectivity index (χ2n) is 10.3. The van der Waals surface area contributed by atoms with Gasteiger partial charge in [0.1, 0.15) is 17.6 Å². The number of methoxy groups -OCH3 is 1. The fourth-order valence-electron chi connectivity index (χ4n) is 4.35. The van der Waals surface area contributed by atoms with Crippen molar-refractivity contribution in [3.63, 3.8) is 0 Å². The molecule has 4 rings (SSSR count). The van der Waals surface area contributed by atoms with Crippen LogP contribution in [-0.4, -0.2) is 49.0 Å². The summed E-state index contributed by atoms with van der Waals surface area (Å²) < 4.78 is 42.6. The van der Waals surface area contributed by atoms with Gasteiger partial charge in [0.2, 0.25) is 27.8 Å². The van der Waals surface area contributed by atoms with Crippen LogP contribution in [0.3, 0.4) is 0 Å². The van der Waals surface area contributed by atoms with Crippen LogP contribution in [0.4, 0.5) is 22.0 Å². The molecule has 11 nitrogen and oxygen atoms in total. The summed E-state index contributed by atoms with van der Waals surface area (Å²) in [7, 11) is -2.25. The molecule has 3 aromatic carbocycles. The molecule has 1 heterocycles. The van der Waals surface area contributed by atoms with Gasteiger partial charge in [-0.2, -0.15) is 15.0 Å². The van der Waals surface area contributed by atoms with Crippen molar-refractivity contribution in [1.82, 2.24) is 15.0 Å². The molecule has 0 aliphatic rings. The van der Waals surface area contributed by atoms with Crippen molar-refractivity contribution in [2.75, 3.05) is 23.9 Å². The van der Waals surface area contributed by atoms with Crippen molar-refractivity contribution < 1.29 is 22.3 Å². The van der Waals surface area contributed by atoms with Crippen LogP contribution in [0.25, 0.3) is 0 Å². The molecule has 44 heavy (non-hydrogen) atoms. The van der Waals surface area contributed by atoms with Gasteiger partial charge in [0.05, 0.1) is 12.0 Å². The van der Waals surface area contributed by atoms with Gasteiger partial charge in [-0.25, -0.2) is 17.9 Å². The minimum absolute atomic E-state index is 0.00124. The third-order valence-corrected chi connectivity index (χ3v) is 8.30. The molecule has 1 atom stereocenters. The molecule has 4 aromatic rings. The Labute approximate surface area is 260 Å². The second kappa shape index (κ2) is 14.5. The fourth-order valence-corrected chi connectivity index (χ4v) is 5.61. The minimum Gasteiger partial charge on any atom is -0.497 e. The molecule has 0 unspecified atom stereocenters. The highest BCUT2D eigenvalue weighted by atomic mass is 32.2. The van der Waals surface area contributed by atoms with Gasteiger partial charge in [0.25, 0.3) is 0 Å². The molecule has 0 aliphatic carbocycles. The van der Waals surface area contributed by atoms with E-state index < -0.39 is 27.8 Å². The average Bonchev–Trinajstić information content (AvgIpc) is 2.96. The van der Waals surface area contributed by atoms with E-state index in [0.29, 0.717) is 29.4 Å². The van der Waals surface area contributed by atoms with Crippen molar-refractivity contribution in [2.45, 2.75) is 47.7 Å².